The molecule has 0 bridgehead atoms. The number of hydrogen-bond donors (Lipinski definition) is 2. The van der Waals surface area contributed by atoms with Gasteiger partial charge in [-0.15, -0.1) is 5.10 Å². The van der Waals surface area contributed by atoms with Gasteiger partial charge in [0, 0.05) is 29.6 Å². The number of aryl methyl sites for hydroxylation is 2. The van der Waals surface area contributed by atoms with E-state index in [9.17, 15) is 4.79 Å². The summed E-state index contributed by atoms with van der Waals surface area (Å²) in [4.78, 5) is 12.8. The minimum absolute atomic E-state index is 0.271. The Morgan fingerprint density at radius 2 is 2.07 bits per heavy atom. The van der Waals surface area contributed by atoms with Gasteiger partial charge in [-0.05, 0) is 55.3 Å². The van der Waals surface area contributed by atoms with Gasteiger partial charge in [0.15, 0.2) is 5.82 Å². The van der Waals surface area contributed by atoms with Crippen molar-refractivity contribution >= 4 is 11.6 Å². The van der Waals surface area contributed by atoms with E-state index in [4.69, 9.17) is 0 Å². The van der Waals surface area contributed by atoms with Gasteiger partial charge in [0.1, 0.15) is 5.69 Å². The number of carbonyl (C=O) groups is 1. The highest BCUT2D eigenvalue weighted by atomic mass is 16.1. The van der Waals surface area contributed by atoms with Crippen molar-refractivity contribution in [3.05, 3.63) is 47.4 Å². The Bertz CT molecular complexity index is 1240. The molecule has 0 aliphatic heterocycles. The number of hydrogen-bond acceptors (Lipinski definition) is 6. The predicted octanol–water partition coefficient (Wildman–Crippen LogP) is 2.67. The molecule has 2 N–H and O–H groups in total. The Morgan fingerprint density at radius 3 is 2.80 bits per heavy atom. The maximum absolute atomic E-state index is 12.8. The van der Waals surface area contributed by atoms with Crippen LogP contribution < -0.4 is 5.32 Å². The third-order valence-corrected chi connectivity index (χ3v) is 5.35. The molecular weight excluding hydrogens is 382 g/mol. The molecule has 0 spiro atoms. The van der Waals surface area contributed by atoms with Gasteiger partial charge >= 0.3 is 0 Å². The van der Waals surface area contributed by atoms with Crippen molar-refractivity contribution in [1.29, 1.82) is 0 Å². The van der Waals surface area contributed by atoms with Gasteiger partial charge in [0.2, 0.25) is 0 Å². The molecular formula is C20H21N9O. The van der Waals surface area contributed by atoms with Crippen molar-refractivity contribution in [1.82, 2.24) is 40.2 Å². The molecule has 30 heavy (non-hydrogen) atoms. The SMILES string of the molecule is Cc1nn(C)c(C)c1-c1cc(C(=O)Nc2cccc(-c3nnnn3C3CC3)c2)[nH]n1. The van der Waals surface area contributed by atoms with Crippen LogP contribution in [0.1, 0.15) is 40.8 Å². The van der Waals surface area contributed by atoms with E-state index < -0.39 is 0 Å². The lowest BCUT2D eigenvalue weighted by molar-refractivity contribution is 0.102. The van der Waals surface area contributed by atoms with Gasteiger partial charge < -0.3 is 5.32 Å². The number of nitrogens with one attached hydrogen (secondary N) is 2. The summed E-state index contributed by atoms with van der Waals surface area (Å²) in [5.41, 5.74) is 5.38. The van der Waals surface area contributed by atoms with Crippen molar-refractivity contribution in [2.45, 2.75) is 32.7 Å². The van der Waals surface area contributed by atoms with E-state index in [1.165, 1.54) is 0 Å². The van der Waals surface area contributed by atoms with E-state index in [2.05, 4.69) is 36.1 Å². The second kappa shape index (κ2) is 6.90. The van der Waals surface area contributed by atoms with Crippen molar-refractivity contribution in [2.75, 3.05) is 5.32 Å². The number of aromatic nitrogens is 8. The summed E-state index contributed by atoms with van der Waals surface area (Å²) in [5, 5.41) is 26.5. The second-order valence-corrected chi connectivity index (χ2v) is 7.55. The zero-order valence-electron chi connectivity index (χ0n) is 16.9. The van der Waals surface area contributed by atoms with Gasteiger partial charge in [0.05, 0.1) is 17.4 Å². The molecule has 1 fully saturated rings. The number of rotatable bonds is 5. The van der Waals surface area contributed by atoms with Crippen LogP contribution in [0.3, 0.4) is 0 Å². The van der Waals surface area contributed by atoms with Gasteiger partial charge in [-0.1, -0.05) is 12.1 Å². The molecule has 1 saturated carbocycles. The molecule has 1 aromatic carbocycles. The average molecular weight is 403 g/mol. The van der Waals surface area contributed by atoms with Crippen LogP contribution in [-0.2, 0) is 7.05 Å². The van der Waals surface area contributed by atoms with Gasteiger partial charge in [0.25, 0.3) is 5.91 Å². The molecule has 0 atom stereocenters. The number of tetrazole rings is 1. The van der Waals surface area contributed by atoms with Crippen LogP contribution in [0.4, 0.5) is 5.69 Å². The van der Waals surface area contributed by atoms with Crippen molar-refractivity contribution in [3.8, 4) is 22.6 Å². The number of H-pyrrole nitrogens is 1. The molecule has 152 valence electrons. The lowest BCUT2D eigenvalue weighted by Crippen LogP contribution is -2.12. The summed E-state index contributed by atoms with van der Waals surface area (Å²) in [6.45, 7) is 3.90. The van der Waals surface area contributed by atoms with E-state index in [1.807, 2.05) is 49.8 Å². The Hall–Kier alpha value is -3.82. The summed E-state index contributed by atoms with van der Waals surface area (Å²) in [6.07, 6.45) is 2.18. The lowest BCUT2D eigenvalue weighted by atomic mass is 10.1. The number of aromatic amines is 1. The van der Waals surface area contributed by atoms with E-state index in [1.54, 1.807) is 10.7 Å². The fourth-order valence-corrected chi connectivity index (χ4v) is 3.59. The van der Waals surface area contributed by atoms with Crippen LogP contribution in [0.2, 0.25) is 0 Å². The van der Waals surface area contributed by atoms with Gasteiger partial charge in [-0.3, -0.25) is 14.6 Å². The molecule has 5 rings (SSSR count). The first-order valence-corrected chi connectivity index (χ1v) is 9.77. The standard InChI is InChI=1S/C20H21N9O/c1-11-18(12(2)28(3)25-11)16-10-17(23-22-16)20(30)21-14-6-4-5-13(9-14)19-24-26-27-29(19)15-7-8-15/h4-6,9-10,15H,7-8H2,1-3H3,(H,21,30)(H,22,23). The highest BCUT2D eigenvalue weighted by Gasteiger charge is 2.28. The molecule has 1 aliphatic carbocycles. The van der Waals surface area contributed by atoms with Gasteiger partial charge in [-0.25, -0.2) is 4.68 Å². The Labute approximate surface area is 172 Å². The fourth-order valence-electron chi connectivity index (χ4n) is 3.59. The van der Waals surface area contributed by atoms with Crippen LogP contribution in [0, 0.1) is 13.8 Å². The van der Waals surface area contributed by atoms with Crippen LogP contribution in [0.15, 0.2) is 30.3 Å². The molecule has 1 aliphatic rings. The molecule has 10 heteroatoms. The number of carbonyl (C=O) groups excluding carboxylic acids is 1. The number of anilines is 1. The fraction of sp³-hybridized carbons (Fsp3) is 0.300. The maximum atomic E-state index is 12.8. The molecule has 0 radical (unpaired) electrons. The summed E-state index contributed by atoms with van der Waals surface area (Å²) in [6, 6.07) is 9.62. The van der Waals surface area contributed by atoms with E-state index in [0.717, 1.165) is 35.4 Å². The summed E-state index contributed by atoms with van der Waals surface area (Å²) in [7, 11) is 1.89. The topological polar surface area (TPSA) is 119 Å². The zero-order valence-corrected chi connectivity index (χ0v) is 16.9. The highest BCUT2D eigenvalue weighted by molar-refractivity contribution is 6.03. The highest BCUT2D eigenvalue weighted by Crippen LogP contribution is 2.36. The Kier molecular flexibility index (Phi) is 4.19. The Balaban J connectivity index is 1.37. The second-order valence-electron chi connectivity index (χ2n) is 7.55. The monoisotopic (exact) mass is 403 g/mol. The first kappa shape index (κ1) is 18.2. The number of nitrogens with zero attached hydrogens (tertiary/aromatic N) is 7. The molecule has 3 aromatic heterocycles. The van der Waals surface area contributed by atoms with Crippen LogP contribution in [0.5, 0.6) is 0 Å². The van der Waals surface area contributed by atoms with E-state index >= 15 is 0 Å². The molecule has 0 unspecified atom stereocenters. The van der Waals surface area contributed by atoms with Crippen molar-refractivity contribution in [3.63, 3.8) is 0 Å². The summed E-state index contributed by atoms with van der Waals surface area (Å²) in [5.74, 6) is 0.437. The first-order chi connectivity index (χ1) is 14.5. The Morgan fingerprint density at radius 1 is 1.23 bits per heavy atom. The van der Waals surface area contributed by atoms with Crippen LogP contribution >= 0.6 is 0 Å². The largest absolute Gasteiger partial charge is 0.321 e. The average Bonchev–Trinajstić information content (AvgIpc) is 3.15. The van der Waals surface area contributed by atoms with Crippen molar-refractivity contribution < 1.29 is 4.79 Å². The zero-order chi connectivity index (χ0) is 20.8. The van der Waals surface area contributed by atoms with Crippen LogP contribution in [-0.4, -0.2) is 46.1 Å². The smallest absolute Gasteiger partial charge is 0.273 e. The normalized spacial score (nSPS) is 13.6. The number of amides is 1. The molecule has 3 heterocycles. The molecule has 0 saturated heterocycles. The molecule has 10 nitrogen and oxygen atoms in total. The maximum Gasteiger partial charge on any atom is 0.273 e. The van der Waals surface area contributed by atoms with Crippen molar-refractivity contribution in [2.24, 2.45) is 7.05 Å². The number of benzene rings is 1. The lowest BCUT2D eigenvalue weighted by Gasteiger charge is -2.07. The van der Waals surface area contributed by atoms with Crippen LogP contribution in [0.25, 0.3) is 22.6 Å². The summed E-state index contributed by atoms with van der Waals surface area (Å²) >= 11 is 0. The van der Waals surface area contributed by atoms with Gasteiger partial charge in [-0.2, -0.15) is 10.2 Å². The summed E-state index contributed by atoms with van der Waals surface area (Å²) < 4.78 is 3.65. The first-order valence-electron chi connectivity index (χ1n) is 9.77. The quantitative estimate of drug-likeness (QED) is 0.529. The molecule has 1 amide bonds. The third kappa shape index (κ3) is 3.15. The van der Waals surface area contributed by atoms with E-state index in [-0.39, 0.29) is 5.91 Å². The minimum atomic E-state index is -0.271. The predicted molar refractivity (Wildman–Crippen MR) is 110 cm³/mol. The molecule has 4 aromatic rings. The minimum Gasteiger partial charge on any atom is -0.321 e. The van der Waals surface area contributed by atoms with E-state index in [0.29, 0.717) is 28.9 Å². The third-order valence-electron chi connectivity index (χ3n) is 5.35.